The van der Waals surface area contributed by atoms with Crippen LogP contribution in [0.25, 0.3) is 11.0 Å². The summed E-state index contributed by atoms with van der Waals surface area (Å²) in [5.41, 5.74) is 8.72. The van der Waals surface area contributed by atoms with E-state index in [9.17, 15) is 0 Å². The number of fused-ring (bicyclic) bond motifs is 1. The Balaban J connectivity index is 2.46. The van der Waals surface area contributed by atoms with Crippen LogP contribution >= 0.6 is 0 Å². The summed E-state index contributed by atoms with van der Waals surface area (Å²) < 4.78 is 0. The van der Waals surface area contributed by atoms with E-state index in [-0.39, 0.29) is 0 Å². The Morgan fingerprint density at radius 1 is 1.50 bits per heavy atom. The lowest BCUT2D eigenvalue weighted by Gasteiger charge is -1.96. The molecule has 0 aromatic carbocycles. The summed E-state index contributed by atoms with van der Waals surface area (Å²) in [7, 11) is 0. The van der Waals surface area contributed by atoms with Gasteiger partial charge >= 0.3 is 0 Å². The van der Waals surface area contributed by atoms with E-state index in [1.54, 1.807) is 0 Å². The first-order chi connectivity index (χ1) is 5.90. The van der Waals surface area contributed by atoms with Gasteiger partial charge in [0, 0.05) is 12.4 Å². The predicted octanol–water partition coefficient (Wildman–Crippen LogP) is 1.06. The Bertz CT molecular complexity index is 378. The average molecular weight is 161 g/mol. The van der Waals surface area contributed by atoms with Crippen molar-refractivity contribution in [2.24, 2.45) is 5.73 Å². The molecule has 0 bridgehead atoms. The van der Waals surface area contributed by atoms with Crippen LogP contribution in [0.3, 0.4) is 0 Å². The molecule has 2 aromatic rings. The second-order valence-corrected chi connectivity index (χ2v) is 2.79. The molecule has 3 nitrogen and oxygen atoms in total. The fourth-order valence-corrected chi connectivity index (χ4v) is 1.28. The number of pyridine rings is 1. The van der Waals surface area contributed by atoms with Gasteiger partial charge in [0.2, 0.25) is 0 Å². The van der Waals surface area contributed by atoms with Crippen molar-refractivity contribution in [1.82, 2.24) is 9.97 Å². The minimum atomic E-state index is 0.674. The highest BCUT2D eigenvalue weighted by atomic mass is 14.7. The van der Waals surface area contributed by atoms with Gasteiger partial charge in [0.25, 0.3) is 0 Å². The molecule has 3 N–H and O–H groups in total. The van der Waals surface area contributed by atoms with Crippen molar-refractivity contribution in [2.75, 3.05) is 6.54 Å². The third-order valence-electron chi connectivity index (χ3n) is 1.89. The van der Waals surface area contributed by atoms with E-state index in [0.29, 0.717) is 6.54 Å². The fourth-order valence-electron chi connectivity index (χ4n) is 1.28. The number of nitrogens with one attached hydrogen (secondary N) is 1. The molecular weight excluding hydrogens is 150 g/mol. The molecule has 0 amide bonds. The molecule has 12 heavy (non-hydrogen) atoms. The van der Waals surface area contributed by atoms with E-state index in [2.05, 4.69) is 16.0 Å². The maximum atomic E-state index is 5.44. The van der Waals surface area contributed by atoms with Gasteiger partial charge < -0.3 is 10.7 Å². The third-order valence-corrected chi connectivity index (χ3v) is 1.89. The molecule has 0 spiro atoms. The first-order valence-corrected chi connectivity index (χ1v) is 4.02. The second kappa shape index (κ2) is 2.95. The molecule has 0 aliphatic heterocycles. The number of H-pyrrole nitrogens is 1. The summed E-state index contributed by atoms with van der Waals surface area (Å²) in [6.45, 7) is 0.674. The van der Waals surface area contributed by atoms with Crippen molar-refractivity contribution < 1.29 is 0 Å². The van der Waals surface area contributed by atoms with E-state index in [0.717, 1.165) is 17.5 Å². The van der Waals surface area contributed by atoms with Gasteiger partial charge in [0.15, 0.2) is 0 Å². The van der Waals surface area contributed by atoms with E-state index in [4.69, 9.17) is 5.73 Å². The van der Waals surface area contributed by atoms with Crippen LogP contribution in [0.15, 0.2) is 24.5 Å². The van der Waals surface area contributed by atoms with Crippen LogP contribution in [0.2, 0.25) is 0 Å². The van der Waals surface area contributed by atoms with Crippen LogP contribution in [0, 0.1) is 0 Å². The van der Waals surface area contributed by atoms with Gasteiger partial charge in [-0.15, -0.1) is 0 Å². The Hall–Kier alpha value is -1.35. The van der Waals surface area contributed by atoms with Crippen molar-refractivity contribution >= 4 is 11.0 Å². The standard InChI is InChI=1S/C9H11N3/c10-3-1-7-5-9-8(12-6-7)2-4-11-9/h2,4-6,11H,1,3,10H2. The molecule has 0 aliphatic carbocycles. The molecule has 0 saturated heterocycles. The number of nitrogens with zero attached hydrogens (tertiary/aromatic N) is 1. The lowest BCUT2D eigenvalue weighted by molar-refractivity contribution is 0.963. The number of aromatic nitrogens is 2. The average Bonchev–Trinajstić information content (AvgIpc) is 2.51. The number of rotatable bonds is 2. The summed E-state index contributed by atoms with van der Waals surface area (Å²) in [5.74, 6) is 0. The third kappa shape index (κ3) is 1.19. The summed E-state index contributed by atoms with van der Waals surface area (Å²) in [4.78, 5) is 7.39. The highest BCUT2D eigenvalue weighted by Gasteiger charge is 1.96. The Morgan fingerprint density at radius 2 is 2.42 bits per heavy atom. The largest absolute Gasteiger partial charge is 0.360 e. The molecular formula is C9H11N3. The molecule has 0 fully saturated rings. The number of nitrogens with two attached hydrogens (primary N) is 1. The maximum absolute atomic E-state index is 5.44. The van der Waals surface area contributed by atoms with Crippen LogP contribution in [-0.4, -0.2) is 16.5 Å². The number of hydrogen-bond donors (Lipinski definition) is 2. The highest BCUT2D eigenvalue weighted by Crippen LogP contribution is 2.10. The van der Waals surface area contributed by atoms with Gasteiger partial charge in [0.05, 0.1) is 11.0 Å². The van der Waals surface area contributed by atoms with Crippen molar-refractivity contribution in [3.63, 3.8) is 0 Å². The summed E-state index contributed by atoms with van der Waals surface area (Å²) >= 11 is 0. The molecule has 0 aliphatic rings. The number of aromatic amines is 1. The Morgan fingerprint density at radius 3 is 3.25 bits per heavy atom. The molecule has 0 saturated carbocycles. The molecule has 2 rings (SSSR count). The first-order valence-electron chi connectivity index (χ1n) is 4.02. The predicted molar refractivity (Wildman–Crippen MR) is 48.9 cm³/mol. The zero-order valence-corrected chi connectivity index (χ0v) is 6.75. The van der Waals surface area contributed by atoms with Gasteiger partial charge in [-0.05, 0) is 30.7 Å². The van der Waals surface area contributed by atoms with Crippen molar-refractivity contribution in [3.8, 4) is 0 Å². The summed E-state index contributed by atoms with van der Waals surface area (Å²) in [6.07, 6.45) is 4.66. The molecule has 62 valence electrons. The highest BCUT2D eigenvalue weighted by molar-refractivity contribution is 5.74. The number of hydrogen-bond acceptors (Lipinski definition) is 2. The summed E-state index contributed by atoms with van der Waals surface area (Å²) in [5, 5.41) is 0. The van der Waals surface area contributed by atoms with Crippen molar-refractivity contribution in [1.29, 1.82) is 0 Å². The van der Waals surface area contributed by atoms with Crippen LogP contribution in [0.5, 0.6) is 0 Å². The van der Waals surface area contributed by atoms with Crippen molar-refractivity contribution in [3.05, 3.63) is 30.1 Å². The molecule has 0 radical (unpaired) electrons. The zero-order chi connectivity index (χ0) is 8.39. The molecule has 2 heterocycles. The van der Waals surface area contributed by atoms with Gasteiger partial charge in [-0.1, -0.05) is 0 Å². The normalized spacial score (nSPS) is 10.8. The van der Waals surface area contributed by atoms with Gasteiger partial charge in [0.1, 0.15) is 0 Å². The minimum absolute atomic E-state index is 0.674. The lowest BCUT2D eigenvalue weighted by Crippen LogP contribution is -2.02. The van der Waals surface area contributed by atoms with Crippen LogP contribution in [-0.2, 0) is 6.42 Å². The lowest BCUT2D eigenvalue weighted by atomic mass is 10.2. The monoisotopic (exact) mass is 161 g/mol. The van der Waals surface area contributed by atoms with E-state index in [1.807, 2.05) is 18.5 Å². The Labute approximate surface area is 70.6 Å². The maximum Gasteiger partial charge on any atom is 0.0878 e. The SMILES string of the molecule is NCCc1cnc2cc[nH]c2c1. The van der Waals surface area contributed by atoms with E-state index < -0.39 is 0 Å². The Kier molecular flexibility index (Phi) is 1.80. The van der Waals surface area contributed by atoms with Crippen LogP contribution < -0.4 is 5.73 Å². The summed E-state index contributed by atoms with van der Waals surface area (Å²) in [6, 6.07) is 4.05. The minimum Gasteiger partial charge on any atom is -0.360 e. The van der Waals surface area contributed by atoms with Crippen molar-refractivity contribution in [2.45, 2.75) is 6.42 Å². The topological polar surface area (TPSA) is 54.7 Å². The van der Waals surface area contributed by atoms with Gasteiger partial charge in [-0.2, -0.15) is 0 Å². The zero-order valence-electron chi connectivity index (χ0n) is 6.75. The molecule has 0 atom stereocenters. The van der Waals surface area contributed by atoms with Crippen LogP contribution in [0.4, 0.5) is 0 Å². The smallest absolute Gasteiger partial charge is 0.0878 e. The van der Waals surface area contributed by atoms with Gasteiger partial charge in [-0.25, -0.2) is 0 Å². The van der Waals surface area contributed by atoms with E-state index in [1.165, 1.54) is 5.56 Å². The van der Waals surface area contributed by atoms with E-state index >= 15 is 0 Å². The fraction of sp³-hybridized carbons (Fsp3) is 0.222. The molecule has 0 unspecified atom stereocenters. The molecule has 3 heteroatoms. The quantitative estimate of drug-likeness (QED) is 0.692. The first kappa shape index (κ1) is 7.31. The van der Waals surface area contributed by atoms with Crippen LogP contribution in [0.1, 0.15) is 5.56 Å². The second-order valence-electron chi connectivity index (χ2n) is 2.79. The molecule has 2 aromatic heterocycles. The van der Waals surface area contributed by atoms with Gasteiger partial charge in [-0.3, -0.25) is 4.98 Å².